The summed E-state index contributed by atoms with van der Waals surface area (Å²) >= 11 is 0. The topological polar surface area (TPSA) is 68.8 Å². The van der Waals surface area contributed by atoms with Gasteiger partial charge in [-0.3, -0.25) is 4.79 Å². The van der Waals surface area contributed by atoms with Crippen LogP contribution in [0.2, 0.25) is 0 Å². The minimum atomic E-state index is -4.76. The average molecular weight is 396 g/mol. The first-order valence-corrected chi connectivity index (χ1v) is 8.63. The standard InChI is InChI=1S/C19H19F3N2O4/c1-12(23-14-5-8-16-17(11-14)27-10-2-9-26-16)18(25)24-13-3-6-15(7-4-13)28-19(20,21)22/h3-8,11-12,23H,2,9-10H2,1H3,(H,24,25)/t12-/m0/s1. The Hall–Kier alpha value is -3.10. The molecule has 2 N–H and O–H groups in total. The summed E-state index contributed by atoms with van der Waals surface area (Å²) < 4.78 is 51.5. The van der Waals surface area contributed by atoms with Crippen molar-refractivity contribution < 1.29 is 32.2 Å². The number of carbonyl (C=O) groups is 1. The predicted molar refractivity (Wildman–Crippen MR) is 96.9 cm³/mol. The lowest BCUT2D eigenvalue weighted by Crippen LogP contribution is -2.31. The van der Waals surface area contributed by atoms with E-state index < -0.39 is 12.4 Å². The van der Waals surface area contributed by atoms with E-state index in [4.69, 9.17) is 9.47 Å². The van der Waals surface area contributed by atoms with E-state index in [1.165, 1.54) is 12.1 Å². The first-order chi connectivity index (χ1) is 13.3. The number of halogens is 3. The summed E-state index contributed by atoms with van der Waals surface area (Å²) in [5, 5.41) is 5.68. The van der Waals surface area contributed by atoms with E-state index in [1.54, 1.807) is 25.1 Å². The SMILES string of the molecule is C[C@H](Nc1ccc2c(c1)OCCCO2)C(=O)Nc1ccc(OC(F)(F)F)cc1. The van der Waals surface area contributed by atoms with E-state index in [0.29, 0.717) is 36.1 Å². The third kappa shape index (κ3) is 5.45. The number of nitrogens with one attached hydrogen (secondary N) is 2. The smallest absolute Gasteiger partial charge is 0.490 e. The van der Waals surface area contributed by atoms with E-state index in [-0.39, 0.29) is 11.7 Å². The average Bonchev–Trinajstić information content (AvgIpc) is 2.87. The van der Waals surface area contributed by atoms with Gasteiger partial charge in [0, 0.05) is 23.9 Å². The van der Waals surface area contributed by atoms with Crippen molar-refractivity contribution in [2.45, 2.75) is 25.7 Å². The summed E-state index contributed by atoms with van der Waals surface area (Å²) in [6.45, 7) is 2.81. The van der Waals surface area contributed by atoms with Crippen LogP contribution in [0.4, 0.5) is 24.5 Å². The van der Waals surface area contributed by atoms with Crippen LogP contribution in [0, 0.1) is 0 Å². The van der Waals surface area contributed by atoms with E-state index in [0.717, 1.165) is 18.6 Å². The van der Waals surface area contributed by atoms with Gasteiger partial charge in [0.1, 0.15) is 11.8 Å². The monoisotopic (exact) mass is 396 g/mol. The zero-order chi connectivity index (χ0) is 20.1. The molecule has 0 radical (unpaired) electrons. The molecule has 1 aliphatic rings. The molecule has 1 amide bonds. The molecule has 150 valence electrons. The molecule has 28 heavy (non-hydrogen) atoms. The lowest BCUT2D eigenvalue weighted by Gasteiger charge is -2.17. The molecule has 1 aliphatic heterocycles. The number of carbonyl (C=O) groups excluding carboxylic acids is 1. The highest BCUT2D eigenvalue weighted by atomic mass is 19.4. The summed E-state index contributed by atoms with van der Waals surface area (Å²) in [5.41, 5.74) is 1.03. The van der Waals surface area contributed by atoms with Gasteiger partial charge in [-0.25, -0.2) is 0 Å². The van der Waals surface area contributed by atoms with E-state index >= 15 is 0 Å². The maximum Gasteiger partial charge on any atom is 0.573 e. The van der Waals surface area contributed by atoms with Gasteiger partial charge in [-0.15, -0.1) is 13.2 Å². The number of rotatable bonds is 5. The molecule has 1 heterocycles. The second kappa shape index (κ2) is 8.28. The van der Waals surface area contributed by atoms with Crippen molar-refractivity contribution in [2.24, 2.45) is 0 Å². The van der Waals surface area contributed by atoms with Crippen LogP contribution in [0.25, 0.3) is 0 Å². The normalized spacial score (nSPS) is 14.6. The van der Waals surface area contributed by atoms with E-state index in [9.17, 15) is 18.0 Å². The van der Waals surface area contributed by atoms with Crippen molar-refractivity contribution in [3.8, 4) is 17.2 Å². The van der Waals surface area contributed by atoms with Crippen LogP contribution < -0.4 is 24.8 Å². The van der Waals surface area contributed by atoms with Gasteiger partial charge in [0.25, 0.3) is 0 Å². The van der Waals surface area contributed by atoms with Crippen molar-refractivity contribution in [2.75, 3.05) is 23.8 Å². The maximum absolute atomic E-state index is 12.3. The number of ether oxygens (including phenoxy) is 3. The van der Waals surface area contributed by atoms with Crippen LogP contribution in [0.1, 0.15) is 13.3 Å². The largest absolute Gasteiger partial charge is 0.573 e. The van der Waals surface area contributed by atoms with Gasteiger partial charge in [-0.1, -0.05) is 0 Å². The zero-order valence-corrected chi connectivity index (χ0v) is 15.0. The number of alkyl halides is 3. The summed E-state index contributed by atoms with van der Waals surface area (Å²) in [5.74, 6) is 0.553. The van der Waals surface area contributed by atoms with E-state index in [1.807, 2.05) is 0 Å². The number of hydrogen-bond acceptors (Lipinski definition) is 5. The fourth-order valence-electron chi connectivity index (χ4n) is 2.56. The molecule has 0 saturated heterocycles. The lowest BCUT2D eigenvalue weighted by molar-refractivity contribution is -0.274. The highest BCUT2D eigenvalue weighted by Crippen LogP contribution is 2.32. The highest BCUT2D eigenvalue weighted by Gasteiger charge is 2.31. The van der Waals surface area contributed by atoms with Crippen LogP contribution in [-0.4, -0.2) is 31.5 Å². The molecule has 0 fully saturated rings. The van der Waals surface area contributed by atoms with Gasteiger partial charge >= 0.3 is 6.36 Å². The van der Waals surface area contributed by atoms with Crippen molar-refractivity contribution >= 4 is 17.3 Å². The third-order valence-electron chi connectivity index (χ3n) is 3.88. The third-order valence-corrected chi connectivity index (χ3v) is 3.88. The van der Waals surface area contributed by atoms with Crippen molar-refractivity contribution in [1.82, 2.24) is 0 Å². The summed E-state index contributed by atoms with van der Waals surface area (Å²) in [7, 11) is 0. The van der Waals surface area contributed by atoms with Gasteiger partial charge in [0.15, 0.2) is 11.5 Å². The molecule has 0 aromatic heterocycles. The Bertz CT molecular complexity index is 825. The molecule has 2 aromatic carbocycles. The number of hydrogen-bond donors (Lipinski definition) is 2. The van der Waals surface area contributed by atoms with Gasteiger partial charge < -0.3 is 24.8 Å². The van der Waals surface area contributed by atoms with Crippen LogP contribution in [-0.2, 0) is 4.79 Å². The minimum absolute atomic E-state index is 0.350. The molecular formula is C19H19F3N2O4. The lowest BCUT2D eigenvalue weighted by atomic mass is 10.2. The van der Waals surface area contributed by atoms with Crippen molar-refractivity contribution in [3.05, 3.63) is 42.5 Å². The fourth-order valence-corrected chi connectivity index (χ4v) is 2.56. The number of benzene rings is 2. The Morgan fingerprint density at radius 2 is 1.68 bits per heavy atom. The van der Waals surface area contributed by atoms with E-state index in [2.05, 4.69) is 15.4 Å². The quantitative estimate of drug-likeness (QED) is 0.793. The first kappa shape index (κ1) is 19.7. The zero-order valence-electron chi connectivity index (χ0n) is 15.0. The van der Waals surface area contributed by atoms with Crippen LogP contribution in [0.3, 0.4) is 0 Å². The Morgan fingerprint density at radius 1 is 1.04 bits per heavy atom. The molecule has 0 unspecified atom stereocenters. The molecular weight excluding hydrogens is 377 g/mol. The molecule has 0 spiro atoms. The Balaban J connectivity index is 1.58. The van der Waals surface area contributed by atoms with Gasteiger partial charge in [-0.2, -0.15) is 0 Å². The van der Waals surface area contributed by atoms with Gasteiger partial charge in [0.05, 0.1) is 13.2 Å². The molecule has 0 saturated carbocycles. The summed E-state index contributed by atoms with van der Waals surface area (Å²) in [6, 6.07) is 9.63. The molecule has 0 bridgehead atoms. The molecule has 1 atom stereocenters. The van der Waals surface area contributed by atoms with Crippen molar-refractivity contribution in [3.63, 3.8) is 0 Å². The number of amides is 1. The van der Waals surface area contributed by atoms with Crippen molar-refractivity contribution in [1.29, 1.82) is 0 Å². The van der Waals surface area contributed by atoms with Crippen LogP contribution >= 0.6 is 0 Å². The summed E-state index contributed by atoms with van der Waals surface area (Å²) in [4.78, 5) is 12.3. The van der Waals surface area contributed by atoms with Gasteiger partial charge in [-0.05, 0) is 43.3 Å². The fraction of sp³-hybridized carbons (Fsp3) is 0.316. The summed E-state index contributed by atoms with van der Waals surface area (Å²) in [6.07, 6.45) is -3.96. The number of anilines is 2. The Labute approximate surface area is 159 Å². The highest BCUT2D eigenvalue weighted by molar-refractivity contribution is 5.96. The minimum Gasteiger partial charge on any atom is -0.490 e. The Kier molecular flexibility index (Phi) is 5.81. The molecule has 6 nitrogen and oxygen atoms in total. The number of fused-ring (bicyclic) bond motifs is 1. The molecule has 3 rings (SSSR count). The van der Waals surface area contributed by atoms with Crippen LogP contribution in [0.5, 0.6) is 17.2 Å². The van der Waals surface area contributed by atoms with Crippen LogP contribution in [0.15, 0.2) is 42.5 Å². The second-order valence-corrected chi connectivity index (χ2v) is 6.14. The molecule has 9 heteroatoms. The predicted octanol–water partition coefficient (Wildman–Crippen LogP) is 4.19. The second-order valence-electron chi connectivity index (χ2n) is 6.14. The Morgan fingerprint density at radius 3 is 2.36 bits per heavy atom. The molecule has 2 aromatic rings. The first-order valence-electron chi connectivity index (χ1n) is 8.63. The van der Waals surface area contributed by atoms with Gasteiger partial charge in [0.2, 0.25) is 5.91 Å². The molecule has 0 aliphatic carbocycles. The maximum atomic E-state index is 12.3.